The maximum absolute atomic E-state index is 12.3. The highest BCUT2D eigenvalue weighted by Gasteiger charge is 2.19. The first-order valence-electron chi connectivity index (χ1n) is 7.04. The Kier molecular flexibility index (Phi) is 4.38. The Morgan fingerprint density at radius 3 is 2.78 bits per heavy atom. The summed E-state index contributed by atoms with van der Waals surface area (Å²) < 4.78 is 10.8. The number of aromatic nitrogens is 2. The van der Waals surface area contributed by atoms with Gasteiger partial charge in [-0.25, -0.2) is 0 Å². The monoisotopic (exact) mass is 329 g/mol. The number of carbonyl (C=O) groups excluding carboxylic acids is 1. The summed E-state index contributed by atoms with van der Waals surface area (Å²) in [4.78, 5) is 16.5. The van der Waals surface area contributed by atoms with Crippen LogP contribution in [0.15, 0.2) is 46.3 Å². The van der Waals surface area contributed by atoms with Gasteiger partial charge in [-0.15, -0.1) is 11.3 Å². The van der Waals surface area contributed by atoms with Crippen molar-refractivity contribution >= 4 is 22.2 Å². The molecular formula is C16H15N3O3S. The minimum atomic E-state index is -0.628. The second kappa shape index (κ2) is 6.62. The first kappa shape index (κ1) is 15.2. The number of thiophene rings is 1. The second-order valence-corrected chi connectivity index (χ2v) is 5.79. The van der Waals surface area contributed by atoms with Crippen molar-refractivity contribution in [1.82, 2.24) is 10.1 Å². The van der Waals surface area contributed by atoms with Crippen molar-refractivity contribution < 1.29 is 14.1 Å². The summed E-state index contributed by atoms with van der Waals surface area (Å²) in [7, 11) is 0. The molecule has 0 unspecified atom stereocenters. The highest BCUT2D eigenvalue weighted by molar-refractivity contribution is 7.15. The molecule has 6 nitrogen and oxygen atoms in total. The standard InChI is InChI=1S/C16H15N3O3S/c1-10(21-12-6-4-3-5-7-12)14(20)18-16-13(8-9-23-16)15-17-11(2)19-22-15/h3-10H,1-2H3,(H,18,20)/t10-/m0/s1. The Labute approximate surface area is 137 Å². The summed E-state index contributed by atoms with van der Waals surface area (Å²) in [5.74, 6) is 1.34. The Hall–Kier alpha value is -2.67. The van der Waals surface area contributed by atoms with E-state index in [9.17, 15) is 4.79 Å². The molecule has 0 bridgehead atoms. The zero-order valence-corrected chi connectivity index (χ0v) is 13.5. The van der Waals surface area contributed by atoms with Crippen LogP contribution in [-0.4, -0.2) is 22.2 Å². The lowest BCUT2D eigenvalue weighted by molar-refractivity contribution is -0.122. The number of anilines is 1. The van der Waals surface area contributed by atoms with Crippen LogP contribution in [0.1, 0.15) is 12.7 Å². The van der Waals surface area contributed by atoms with Gasteiger partial charge in [0.2, 0.25) is 0 Å². The first-order valence-corrected chi connectivity index (χ1v) is 7.92. The second-order valence-electron chi connectivity index (χ2n) is 4.87. The summed E-state index contributed by atoms with van der Waals surface area (Å²) in [5, 5.41) is 9.12. The van der Waals surface area contributed by atoms with Crippen LogP contribution in [0.5, 0.6) is 5.75 Å². The van der Waals surface area contributed by atoms with Crippen molar-refractivity contribution in [2.45, 2.75) is 20.0 Å². The average molecular weight is 329 g/mol. The van der Waals surface area contributed by atoms with Crippen LogP contribution in [0, 0.1) is 6.92 Å². The number of hydrogen-bond donors (Lipinski definition) is 1. The topological polar surface area (TPSA) is 77.2 Å². The van der Waals surface area contributed by atoms with Crippen LogP contribution in [-0.2, 0) is 4.79 Å². The molecule has 3 aromatic rings. The molecule has 1 aromatic carbocycles. The molecule has 2 heterocycles. The van der Waals surface area contributed by atoms with Gasteiger partial charge in [0.15, 0.2) is 11.9 Å². The Morgan fingerprint density at radius 2 is 2.09 bits per heavy atom. The first-order chi connectivity index (χ1) is 11.1. The predicted molar refractivity (Wildman–Crippen MR) is 87.5 cm³/mol. The minimum Gasteiger partial charge on any atom is -0.481 e. The highest BCUT2D eigenvalue weighted by atomic mass is 32.1. The normalized spacial score (nSPS) is 11.9. The molecule has 0 spiro atoms. The molecule has 1 atom stereocenters. The quantitative estimate of drug-likeness (QED) is 0.775. The summed E-state index contributed by atoms with van der Waals surface area (Å²) >= 11 is 1.39. The van der Waals surface area contributed by atoms with E-state index in [1.165, 1.54) is 11.3 Å². The molecule has 1 N–H and O–H groups in total. The molecule has 7 heteroatoms. The van der Waals surface area contributed by atoms with E-state index in [4.69, 9.17) is 9.26 Å². The van der Waals surface area contributed by atoms with Gasteiger partial charge in [-0.1, -0.05) is 23.4 Å². The van der Waals surface area contributed by atoms with Gasteiger partial charge in [-0.05, 0) is 37.4 Å². The number of benzene rings is 1. The van der Waals surface area contributed by atoms with E-state index in [2.05, 4.69) is 15.5 Å². The summed E-state index contributed by atoms with van der Waals surface area (Å²) in [5.41, 5.74) is 0.705. The van der Waals surface area contributed by atoms with Crippen LogP contribution in [0.25, 0.3) is 11.5 Å². The fourth-order valence-corrected chi connectivity index (χ4v) is 2.73. The third kappa shape index (κ3) is 3.57. The maximum Gasteiger partial charge on any atom is 0.265 e. The van der Waals surface area contributed by atoms with E-state index in [0.29, 0.717) is 28.0 Å². The van der Waals surface area contributed by atoms with E-state index < -0.39 is 6.10 Å². The molecular weight excluding hydrogens is 314 g/mol. The predicted octanol–water partition coefficient (Wildman–Crippen LogP) is 3.51. The molecule has 0 fully saturated rings. The van der Waals surface area contributed by atoms with Gasteiger partial charge in [0.05, 0.1) is 5.56 Å². The Bertz CT molecular complexity index is 798. The van der Waals surface area contributed by atoms with Gasteiger partial charge in [0, 0.05) is 0 Å². The smallest absolute Gasteiger partial charge is 0.265 e. The molecule has 0 radical (unpaired) electrons. The van der Waals surface area contributed by atoms with Crippen molar-refractivity contribution in [1.29, 1.82) is 0 Å². The highest BCUT2D eigenvalue weighted by Crippen LogP contribution is 2.32. The number of nitrogens with zero attached hydrogens (tertiary/aromatic N) is 2. The van der Waals surface area contributed by atoms with Gasteiger partial charge in [-0.3, -0.25) is 4.79 Å². The summed E-state index contributed by atoms with van der Waals surface area (Å²) in [6.07, 6.45) is -0.628. The van der Waals surface area contributed by atoms with Crippen molar-refractivity contribution in [3.8, 4) is 17.2 Å². The number of ether oxygens (including phenoxy) is 1. The van der Waals surface area contributed by atoms with Crippen LogP contribution < -0.4 is 10.1 Å². The number of aryl methyl sites for hydroxylation is 1. The van der Waals surface area contributed by atoms with Crippen molar-refractivity contribution in [2.75, 3.05) is 5.32 Å². The minimum absolute atomic E-state index is 0.242. The zero-order chi connectivity index (χ0) is 16.2. The lowest BCUT2D eigenvalue weighted by Gasteiger charge is -2.14. The summed E-state index contributed by atoms with van der Waals surface area (Å²) in [6.45, 7) is 3.44. The number of amides is 1. The van der Waals surface area contributed by atoms with Crippen molar-refractivity contribution in [2.24, 2.45) is 0 Å². The van der Waals surface area contributed by atoms with Crippen LogP contribution in [0.2, 0.25) is 0 Å². The van der Waals surface area contributed by atoms with E-state index in [1.807, 2.05) is 41.8 Å². The van der Waals surface area contributed by atoms with E-state index in [0.717, 1.165) is 0 Å². The van der Waals surface area contributed by atoms with E-state index >= 15 is 0 Å². The SMILES string of the molecule is Cc1noc(-c2ccsc2NC(=O)[C@H](C)Oc2ccccc2)n1. The van der Waals surface area contributed by atoms with Gasteiger partial charge >= 0.3 is 0 Å². The fourth-order valence-electron chi connectivity index (χ4n) is 1.95. The van der Waals surface area contributed by atoms with Crippen LogP contribution in [0.3, 0.4) is 0 Å². The maximum atomic E-state index is 12.3. The molecule has 3 rings (SSSR count). The molecule has 0 aliphatic carbocycles. The third-order valence-electron chi connectivity index (χ3n) is 3.09. The van der Waals surface area contributed by atoms with Gasteiger partial charge < -0.3 is 14.6 Å². The number of hydrogen-bond acceptors (Lipinski definition) is 6. The summed E-state index contributed by atoms with van der Waals surface area (Å²) in [6, 6.07) is 11.0. The zero-order valence-electron chi connectivity index (χ0n) is 12.6. The molecule has 1 amide bonds. The average Bonchev–Trinajstić information content (AvgIpc) is 3.17. The van der Waals surface area contributed by atoms with Crippen molar-refractivity contribution in [3.05, 3.63) is 47.6 Å². The number of rotatable bonds is 5. The largest absolute Gasteiger partial charge is 0.481 e. The molecule has 0 saturated carbocycles. The molecule has 23 heavy (non-hydrogen) atoms. The van der Waals surface area contributed by atoms with Gasteiger partial charge in [-0.2, -0.15) is 4.98 Å². The Balaban J connectivity index is 1.70. The molecule has 0 aliphatic heterocycles. The van der Waals surface area contributed by atoms with Crippen LogP contribution in [0.4, 0.5) is 5.00 Å². The number of carbonyl (C=O) groups is 1. The van der Waals surface area contributed by atoms with E-state index in [1.54, 1.807) is 13.8 Å². The molecule has 2 aromatic heterocycles. The molecule has 0 saturated heterocycles. The van der Waals surface area contributed by atoms with E-state index in [-0.39, 0.29) is 5.91 Å². The number of nitrogens with one attached hydrogen (secondary N) is 1. The van der Waals surface area contributed by atoms with Gasteiger partial charge in [0.25, 0.3) is 11.8 Å². The number of para-hydroxylation sites is 1. The van der Waals surface area contributed by atoms with Crippen molar-refractivity contribution in [3.63, 3.8) is 0 Å². The molecule has 118 valence electrons. The van der Waals surface area contributed by atoms with Crippen LogP contribution >= 0.6 is 11.3 Å². The lowest BCUT2D eigenvalue weighted by atomic mass is 10.3. The van der Waals surface area contributed by atoms with Gasteiger partial charge in [0.1, 0.15) is 10.8 Å². The lowest BCUT2D eigenvalue weighted by Crippen LogP contribution is -2.29. The third-order valence-corrected chi connectivity index (χ3v) is 3.92. The fraction of sp³-hybridized carbons (Fsp3) is 0.188. The Morgan fingerprint density at radius 1 is 1.30 bits per heavy atom. The molecule has 0 aliphatic rings.